The first-order valence-corrected chi connectivity index (χ1v) is 5.90. The number of rotatable bonds is 3. The smallest absolute Gasteiger partial charge is 0.233 e. The van der Waals surface area contributed by atoms with Gasteiger partial charge in [0.25, 0.3) is 0 Å². The highest BCUT2D eigenvalue weighted by Crippen LogP contribution is 2.17. The van der Waals surface area contributed by atoms with Gasteiger partial charge < -0.3 is 9.64 Å². The molecule has 5 heteroatoms. The summed E-state index contributed by atoms with van der Waals surface area (Å²) in [6.45, 7) is 5.24. The number of amides is 1. The van der Waals surface area contributed by atoms with E-state index in [1.54, 1.807) is 18.3 Å². The third-order valence-electron chi connectivity index (χ3n) is 2.79. The average molecular weight is 235 g/mol. The lowest BCUT2D eigenvalue weighted by molar-refractivity contribution is -0.133. The fraction of sp³-hybridized carbons (Fsp3) is 0.583. The lowest BCUT2D eigenvalue weighted by Crippen LogP contribution is -2.33. The van der Waals surface area contributed by atoms with E-state index in [1.165, 1.54) is 0 Å². The van der Waals surface area contributed by atoms with Gasteiger partial charge in [0, 0.05) is 31.1 Å². The zero-order chi connectivity index (χ0) is 12.3. The Hall–Kier alpha value is -1.65. The van der Waals surface area contributed by atoms with Crippen molar-refractivity contribution in [2.75, 3.05) is 13.1 Å². The second-order valence-electron chi connectivity index (χ2n) is 4.53. The third kappa shape index (κ3) is 2.93. The van der Waals surface area contributed by atoms with Crippen LogP contribution in [0.15, 0.2) is 18.3 Å². The maximum Gasteiger partial charge on any atom is 0.233 e. The van der Waals surface area contributed by atoms with E-state index in [1.807, 2.05) is 18.7 Å². The number of aromatic nitrogens is 2. The van der Waals surface area contributed by atoms with Gasteiger partial charge >= 0.3 is 0 Å². The Bertz CT molecular complexity index is 381. The molecule has 0 spiro atoms. The van der Waals surface area contributed by atoms with Gasteiger partial charge in [0.1, 0.15) is 6.10 Å². The SMILES string of the molecule is CC(C)C(=O)N1CCC(Oc2cccnn2)C1. The molecule has 2 heterocycles. The molecule has 0 bridgehead atoms. The molecule has 1 atom stereocenters. The van der Waals surface area contributed by atoms with Crippen molar-refractivity contribution in [3.63, 3.8) is 0 Å². The van der Waals surface area contributed by atoms with Gasteiger partial charge in [-0.3, -0.25) is 4.79 Å². The van der Waals surface area contributed by atoms with Crippen LogP contribution in [0.1, 0.15) is 20.3 Å². The van der Waals surface area contributed by atoms with Crippen LogP contribution in [-0.4, -0.2) is 40.2 Å². The van der Waals surface area contributed by atoms with Gasteiger partial charge in [0.05, 0.1) is 6.54 Å². The van der Waals surface area contributed by atoms with Crippen molar-refractivity contribution in [2.45, 2.75) is 26.4 Å². The van der Waals surface area contributed by atoms with Crippen molar-refractivity contribution in [2.24, 2.45) is 5.92 Å². The molecule has 0 aliphatic carbocycles. The lowest BCUT2D eigenvalue weighted by Gasteiger charge is -2.18. The van der Waals surface area contributed by atoms with Gasteiger partial charge in [-0.1, -0.05) is 13.8 Å². The first-order chi connectivity index (χ1) is 8.16. The molecule has 1 amide bonds. The predicted molar refractivity (Wildman–Crippen MR) is 62.5 cm³/mol. The van der Waals surface area contributed by atoms with Crippen LogP contribution in [0.25, 0.3) is 0 Å². The minimum Gasteiger partial charge on any atom is -0.471 e. The van der Waals surface area contributed by atoms with Crippen LogP contribution in [0.4, 0.5) is 0 Å². The number of carbonyl (C=O) groups is 1. The van der Waals surface area contributed by atoms with Crippen molar-refractivity contribution in [1.82, 2.24) is 15.1 Å². The summed E-state index contributed by atoms with van der Waals surface area (Å²) >= 11 is 0. The third-order valence-corrected chi connectivity index (χ3v) is 2.79. The van der Waals surface area contributed by atoms with Gasteiger partial charge in [-0.15, -0.1) is 5.10 Å². The van der Waals surface area contributed by atoms with E-state index in [4.69, 9.17) is 4.74 Å². The van der Waals surface area contributed by atoms with Gasteiger partial charge in [-0.05, 0) is 6.07 Å². The van der Waals surface area contributed by atoms with Crippen molar-refractivity contribution in [3.8, 4) is 5.88 Å². The zero-order valence-corrected chi connectivity index (χ0v) is 10.2. The minimum absolute atomic E-state index is 0.0365. The number of hydrogen-bond donors (Lipinski definition) is 0. The van der Waals surface area contributed by atoms with Crippen molar-refractivity contribution in [3.05, 3.63) is 18.3 Å². The highest BCUT2D eigenvalue weighted by Gasteiger charge is 2.28. The van der Waals surface area contributed by atoms with Crippen LogP contribution in [0.5, 0.6) is 5.88 Å². The molecule has 17 heavy (non-hydrogen) atoms. The molecule has 1 fully saturated rings. The van der Waals surface area contributed by atoms with E-state index in [9.17, 15) is 4.79 Å². The quantitative estimate of drug-likeness (QED) is 0.787. The number of hydrogen-bond acceptors (Lipinski definition) is 4. The Labute approximate surface area is 101 Å². The second kappa shape index (κ2) is 5.12. The highest BCUT2D eigenvalue weighted by atomic mass is 16.5. The summed E-state index contributed by atoms with van der Waals surface area (Å²) in [5.74, 6) is 0.761. The summed E-state index contributed by atoms with van der Waals surface area (Å²) in [7, 11) is 0. The number of carbonyl (C=O) groups excluding carboxylic acids is 1. The highest BCUT2D eigenvalue weighted by molar-refractivity contribution is 5.78. The van der Waals surface area contributed by atoms with E-state index in [-0.39, 0.29) is 17.9 Å². The molecule has 2 rings (SSSR count). The molecule has 5 nitrogen and oxygen atoms in total. The molecule has 1 unspecified atom stereocenters. The molecular formula is C12H17N3O2. The summed E-state index contributed by atoms with van der Waals surface area (Å²) in [6.07, 6.45) is 2.50. The van der Waals surface area contributed by atoms with E-state index in [2.05, 4.69) is 10.2 Å². The summed E-state index contributed by atoms with van der Waals surface area (Å²) in [5.41, 5.74) is 0. The molecule has 1 saturated heterocycles. The van der Waals surface area contributed by atoms with Gasteiger partial charge in [-0.25, -0.2) is 0 Å². The summed E-state index contributed by atoms with van der Waals surface area (Å²) in [4.78, 5) is 13.6. The molecule has 0 aromatic carbocycles. The predicted octanol–water partition coefficient (Wildman–Crippen LogP) is 1.11. The zero-order valence-electron chi connectivity index (χ0n) is 10.2. The van der Waals surface area contributed by atoms with Crippen LogP contribution in [-0.2, 0) is 4.79 Å². The van der Waals surface area contributed by atoms with Crippen LogP contribution >= 0.6 is 0 Å². The topological polar surface area (TPSA) is 55.3 Å². The van der Waals surface area contributed by atoms with E-state index in [0.29, 0.717) is 12.4 Å². The van der Waals surface area contributed by atoms with Crippen LogP contribution in [0.3, 0.4) is 0 Å². The summed E-state index contributed by atoms with van der Waals surface area (Å²) in [5, 5.41) is 7.63. The molecule has 0 radical (unpaired) electrons. The van der Waals surface area contributed by atoms with Gasteiger partial charge in [0.2, 0.25) is 11.8 Å². The van der Waals surface area contributed by atoms with E-state index >= 15 is 0 Å². The Kier molecular flexibility index (Phi) is 3.56. The van der Waals surface area contributed by atoms with Gasteiger partial charge in [0.15, 0.2) is 0 Å². The maximum atomic E-state index is 11.8. The molecular weight excluding hydrogens is 218 g/mol. The fourth-order valence-corrected chi connectivity index (χ4v) is 1.91. The van der Waals surface area contributed by atoms with Crippen molar-refractivity contribution < 1.29 is 9.53 Å². The average Bonchev–Trinajstić information content (AvgIpc) is 2.77. The Morgan fingerprint density at radius 1 is 1.59 bits per heavy atom. The van der Waals surface area contributed by atoms with Crippen LogP contribution in [0.2, 0.25) is 0 Å². The lowest BCUT2D eigenvalue weighted by atomic mass is 10.2. The molecule has 1 aromatic rings. The second-order valence-corrected chi connectivity index (χ2v) is 4.53. The molecule has 92 valence electrons. The number of ether oxygens (including phenoxy) is 1. The van der Waals surface area contributed by atoms with E-state index < -0.39 is 0 Å². The molecule has 1 aromatic heterocycles. The molecule has 0 saturated carbocycles. The Morgan fingerprint density at radius 3 is 3.06 bits per heavy atom. The summed E-state index contributed by atoms with van der Waals surface area (Å²) < 4.78 is 5.67. The Morgan fingerprint density at radius 2 is 2.41 bits per heavy atom. The Balaban J connectivity index is 1.88. The first-order valence-electron chi connectivity index (χ1n) is 5.90. The van der Waals surface area contributed by atoms with Crippen LogP contribution in [0, 0.1) is 5.92 Å². The minimum atomic E-state index is 0.0365. The van der Waals surface area contributed by atoms with E-state index in [0.717, 1.165) is 13.0 Å². The molecule has 1 aliphatic heterocycles. The fourth-order valence-electron chi connectivity index (χ4n) is 1.91. The monoisotopic (exact) mass is 235 g/mol. The van der Waals surface area contributed by atoms with Gasteiger partial charge in [-0.2, -0.15) is 5.10 Å². The number of likely N-dealkylation sites (tertiary alicyclic amines) is 1. The first kappa shape index (κ1) is 11.8. The summed E-state index contributed by atoms with van der Waals surface area (Å²) in [6, 6.07) is 3.56. The molecule has 1 aliphatic rings. The van der Waals surface area contributed by atoms with Crippen molar-refractivity contribution in [1.29, 1.82) is 0 Å². The standard InChI is InChI=1S/C12H17N3O2/c1-9(2)12(16)15-7-5-10(8-15)17-11-4-3-6-13-14-11/h3-4,6,9-10H,5,7-8H2,1-2H3. The van der Waals surface area contributed by atoms with Crippen molar-refractivity contribution >= 4 is 5.91 Å². The molecule has 0 N–H and O–H groups in total. The maximum absolute atomic E-state index is 11.8. The number of nitrogens with zero attached hydrogens (tertiary/aromatic N) is 3. The largest absolute Gasteiger partial charge is 0.471 e. The van der Waals surface area contributed by atoms with Crippen LogP contribution < -0.4 is 4.74 Å². The normalized spacial score (nSPS) is 19.7.